The van der Waals surface area contributed by atoms with Crippen molar-refractivity contribution in [3.8, 4) is 0 Å². The van der Waals surface area contributed by atoms with Crippen LogP contribution in [0.25, 0.3) is 0 Å². The van der Waals surface area contributed by atoms with Crippen LogP contribution < -0.4 is 10.6 Å². The van der Waals surface area contributed by atoms with E-state index in [2.05, 4.69) is 22.4 Å². The first-order valence-corrected chi connectivity index (χ1v) is 9.85. The lowest BCUT2D eigenvalue weighted by molar-refractivity contribution is -0.137. The quantitative estimate of drug-likeness (QED) is 0.532. The molecule has 0 aromatic rings. The number of thioether (sulfide) groups is 2. The monoisotopic (exact) mass is 332 g/mol. The summed E-state index contributed by atoms with van der Waals surface area (Å²) in [5.74, 6) is 3.07. The molecule has 0 spiro atoms. The van der Waals surface area contributed by atoms with E-state index in [0.29, 0.717) is 5.25 Å². The number of unbranched alkanes of at least 4 members (excludes halogenated alkanes) is 1. The summed E-state index contributed by atoms with van der Waals surface area (Å²) in [6.45, 7) is 0. The van der Waals surface area contributed by atoms with Crippen LogP contribution in [0.1, 0.15) is 38.5 Å². The van der Waals surface area contributed by atoms with E-state index in [1.165, 1.54) is 24.3 Å². The average molecular weight is 332 g/mol. The van der Waals surface area contributed by atoms with E-state index in [4.69, 9.17) is 5.11 Å². The molecule has 3 heterocycles. The molecule has 0 saturated carbocycles. The molecule has 5 nitrogen and oxygen atoms in total. The highest BCUT2D eigenvalue weighted by Gasteiger charge is 2.42. The zero-order valence-corrected chi connectivity index (χ0v) is 13.8. The SMILES string of the molecule is C1CCSC1.O=C(O)CCCC[C@@H]1SC[C@@H]2NC(=O)N[C@@H]21. The zero-order chi connectivity index (χ0) is 15.1. The maximum Gasteiger partial charge on any atom is 0.315 e. The van der Waals surface area contributed by atoms with Gasteiger partial charge in [0.25, 0.3) is 0 Å². The number of hydrogen-bond donors (Lipinski definition) is 3. The number of fused-ring (bicyclic) bond motifs is 1. The van der Waals surface area contributed by atoms with Gasteiger partial charge in [-0.1, -0.05) is 6.42 Å². The smallest absolute Gasteiger partial charge is 0.315 e. The number of carboxylic acids is 1. The van der Waals surface area contributed by atoms with Crippen molar-refractivity contribution < 1.29 is 14.7 Å². The van der Waals surface area contributed by atoms with Gasteiger partial charge < -0.3 is 15.7 Å². The van der Waals surface area contributed by atoms with Gasteiger partial charge in [-0.05, 0) is 37.2 Å². The predicted octanol–water partition coefficient (Wildman–Crippen LogP) is 2.31. The van der Waals surface area contributed by atoms with Gasteiger partial charge >= 0.3 is 12.0 Å². The fourth-order valence-electron chi connectivity index (χ4n) is 2.78. The van der Waals surface area contributed by atoms with Crippen LogP contribution in [0.5, 0.6) is 0 Å². The van der Waals surface area contributed by atoms with E-state index in [9.17, 15) is 9.59 Å². The molecule has 3 rings (SSSR count). The molecule has 0 aliphatic carbocycles. The van der Waals surface area contributed by atoms with E-state index in [1.807, 2.05) is 11.8 Å². The summed E-state index contributed by atoms with van der Waals surface area (Å²) in [5, 5.41) is 14.8. The van der Waals surface area contributed by atoms with Crippen LogP contribution in [-0.4, -0.2) is 51.7 Å². The lowest BCUT2D eigenvalue weighted by Crippen LogP contribution is -2.36. The minimum absolute atomic E-state index is 0.0640. The van der Waals surface area contributed by atoms with Gasteiger partial charge in [0.15, 0.2) is 0 Å². The summed E-state index contributed by atoms with van der Waals surface area (Å²) in [7, 11) is 0. The molecule has 0 bridgehead atoms. The van der Waals surface area contributed by atoms with Crippen molar-refractivity contribution in [1.82, 2.24) is 10.6 Å². The van der Waals surface area contributed by atoms with Crippen LogP contribution in [0.15, 0.2) is 0 Å². The Kier molecular flexibility index (Phi) is 7.03. The van der Waals surface area contributed by atoms with Crippen molar-refractivity contribution in [2.75, 3.05) is 17.3 Å². The van der Waals surface area contributed by atoms with E-state index in [1.54, 1.807) is 0 Å². The summed E-state index contributed by atoms with van der Waals surface area (Å²) in [5.41, 5.74) is 0. The molecular formula is C14H24N2O3S2. The molecule has 3 fully saturated rings. The van der Waals surface area contributed by atoms with E-state index >= 15 is 0 Å². The standard InChI is InChI=1S/C10H16N2O3S.C4H8S/c13-8(14)4-2-1-3-7-9-6(5-16-7)11-10(15)12-9;1-2-4-5-3-1/h6-7,9H,1-5H2,(H,13,14)(H2,11,12,15);1-4H2/t6-,7-,9-;/m0./s1. The van der Waals surface area contributed by atoms with Gasteiger partial charge in [-0.15, -0.1) is 0 Å². The second-order valence-corrected chi connectivity index (χ2v) is 8.08. The fourth-order valence-corrected chi connectivity index (χ4v) is 5.34. The molecule has 3 aliphatic rings. The van der Waals surface area contributed by atoms with Gasteiger partial charge in [0.1, 0.15) is 0 Å². The summed E-state index contributed by atoms with van der Waals surface area (Å²) >= 11 is 3.94. The summed E-state index contributed by atoms with van der Waals surface area (Å²) < 4.78 is 0. The van der Waals surface area contributed by atoms with E-state index in [0.717, 1.165) is 25.0 Å². The van der Waals surface area contributed by atoms with Crippen molar-refractivity contribution in [1.29, 1.82) is 0 Å². The molecule has 120 valence electrons. The number of amides is 2. The van der Waals surface area contributed by atoms with Crippen LogP contribution in [-0.2, 0) is 4.79 Å². The van der Waals surface area contributed by atoms with E-state index < -0.39 is 5.97 Å². The lowest BCUT2D eigenvalue weighted by Gasteiger charge is -2.16. The summed E-state index contributed by atoms with van der Waals surface area (Å²) in [4.78, 5) is 21.5. The predicted molar refractivity (Wildman–Crippen MR) is 88.2 cm³/mol. The van der Waals surface area contributed by atoms with Crippen molar-refractivity contribution in [2.24, 2.45) is 0 Å². The van der Waals surface area contributed by atoms with Crippen molar-refractivity contribution in [3.63, 3.8) is 0 Å². The summed E-state index contributed by atoms with van der Waals surface area (Å²) in [6.07, 6.45) is 5.81. The number of urea groups is 1. The number of aliphatic carboxylic acids is 1. The second kappa shape index (κ2) is 8.78. The number of hydrogen-bond acceptors (Lipinski definition) is 4. The average Bonchev–Trinajstić information content (AvgIpc) is 3.14. The minimum Gasteiger partial charge on any atom is -0.481 e. The zero-order valence-electron chi connectivity index (χ0n) is 12.2. The Morgan fingerprint density at radius 3 is 2.62 bits per heavy atom. The second-order valence-electron chi connectivity index (χ2n) is 5.58. The third-order valence-corrected chi connectivity index (χ3v) is 6.56. The third kappa shape index (κ3) is 5.62. The molecule has 0 aromatic heterocycles. The minimum atomic E-state index is -0.729. The first kappa shape index (κ1) is 16.8. The number of nitrogens with one attached hydrogen (secondary N) is 2. The molecular weight excluding hydrogens is 308 g/mol. The lowest BCUT2D eigenvalue weighted by atomic mass is 10.0. The molecule has 2 amide bonds. The molecule has 0 unspecified atom stereocenters. The highest BCUT2D eigenvalue weighted by atomic mass is 32.2. The molecule has 7 heteroatoms. The topological polar surface area (TPSA) is 78.4 Å². The summed E-state index contributed by atoms with van der Waals surface area (Å²) in [6, 6.07) is 0.440. The highest BCUT2D eigenvalue weighted by molar-refractivity contribution is 8.00. The Balaban J connectivity index is 0.000000272. The first-order chi connectivity index (χ1) is 10.2. The van der Waals surface area contributed by atoms with E-state index in [-0.39, 0.29) is 24.5 Å². The Morgan fingerprint density at radius 1 is 1.24 bits per heavy atom. The molecule has 3 atom stereocenters. The molecule has 0 radical (unpaired) electrons. The van der Waals surface area contributed by atoms with Gasteiger partial charge in [0, 0.05) is 17.4 Å². The van der Waals surface area contributed by atoms with Crippen LogP contribution in [0, 0.1) is 0 Å². The van der Waals surface area contributed by atoms with Crippen LogP contribution in [0.4, 0.5) is 4.79 Å². The molecule has 3 aliphatic heterocycles. The maximum absolute atomic E-state index is 11.1. The fraction of sp³-hybridized carbons (Fsp3) is 0.857. The normalized spacial score (nSPS) is 30.1. The number of carboxylic acid groups (broad SMARTS) is 1. The number of rotatable bonds is 5. The van der Waals surface area contributed by atoms with Crippen molar-refractivity contribution in [2.45, 2.75) is 55.9 Å². The molecule has 3 N–H and O–H groups in total. The van der Waals surface area contributed by atoms with Crippen molar-refractivity contribution >= 4 is 35.5 Å². The molecule has 0 aromatic carbocycles. The number of carbonyl (C=O) groups is 2. The Bertz CT molecular complexity index is 357. The van der Waals surface area contributed by atoms with Crippen LogP contribution >= 0.6 is 23.5 Å². The Hall–Kier alpha value is -0.560. The van der Waals surface area contributed by atoms with Gasteiger partial charge in [-0.2, -0.15) is 23.5 Å². The molecule has 21 heavy (non-hydrogen) atoms. The number of carbonyl (C=O) groups excluding carboxylic acids is 1. The van der Waals surface area contributed by atoms with Gasteiger partial charge in [-0.3, -0.25) is 4.79 Å². The van der Waals surface area contributed by atoms with Crippen LogP contribution in [0.2, 0.25) is 0 Å². The highest BCUT2D eigenvalue weighted by Crippen LogP contribution is 2.33. The Morgan fingerprint density at radius 2 is 2.00 bits per heavy atom. The molecule has 3 saturated heterocycles. The van der Waals surface area contributed by atoms with Gasteiger partial charge in [-0.25, -0.2) is 4.79 Å². The maximum atomic E-state index is 11.1. The van der Waals surface area contributed by atoms with Gasteiger partial charge in [0.2, 0.25) is 0 Å². The third-order valence-electron chi connectivity index (χ3n) is 3.89. The largest absolute Gasteiger partial charge is 0.481 e. The van der Waals surface area contributed by atoms with Gasteiger partial charge in [0.05, 0.1) is 12.1 Å². The van der Waals surface area contributed by atoms with Crippen LogP contribution in [0.3, 0.4) is 0 Å². The van der Waals surface area contributed by atoms with Crippen molar-refractivity contribution in [3.05, 3.63) is 0 Å². The Labute approximate surface area is 134 Å². The first-order valence-electron chi connectivity index (χ1n) is 7.65.